The van der Waals surface area contributed by atoms with Crippen LogP contribution in [0.5, 0.6) is 0 Å². The lowest BCUT2D eigenvalue weighted by molar-refractivity contribution is 0.102. The van der Waals surface area contributed by atoms with Crippen LogP contribution in [0.2, 0.25) is 0 Å². The Kier molecular flexibility index (Phi) is 4.38. The number of Topliss-reactive ketones (excluding diaryl/α,β-unsaturated/α-hetero) is 1. The molecule has 0 radical (unpaired) electrons. The van der Waals surface area contributed by atoms with Crippen molar-refractivity contribution in [1.82, 2.24) is 9.97 Å². The van der Waals surface area contributed by atoms with Gasteiger partial charge in [0.05, 0.1) is 10.6 Å². The number of thiophene rings is 2. The van der Waals surface area contributed by atoms with Gasteiger partial charge in [-0.15, -0.1) is 22.7 Å². The molecule has 1 saturated carbocycles. The smallest absolute Gasteiger partial charge is 0.183 e. The van der Waals surface area contributed by atoms with Crippen molar-refractivity contribution in [3.8, 4) is 0 Å². The van der Waals surface area contributed by atoms with Gasteiger partial charge in [0.1, 0.15) is 15.7 Å². The number of aryl methyl sites for hydroxylation is 1. The van der Waals surface area contributed by atoms with Crippen molar-refractivity contribution in [3.05, 3.63) is 38.7 Å². The molecule has 0 N–H and O–H groups in total. The normalized spacial score (nSPS) is 19.7. The summed E-state index contributed by atoms with van der Waals surface area (Å²) in [6.45, 7) is 2.34. The molecule has 1 fully saturated rings. The lowest BCUT2D eigenvalue weighted by atomic mass is 9.89. The second-order valence-corrected chi connectivity index (χ2v) is 10.4. The molecule has 0 aliphatic heterocycles. The maximum absolute atomic E-state index is 12.5. The van der Waals surface area contributed by atoms with Crippen LogP contribution >= 0.6 is 34.4 Å². The van der Waals surface area contributed by atoms with E-state index in [1.807, 2.05) is 28.8 Å². The summed E-state index contributed by atoms with van der Waals surface area (Å²) in [5.41, 5.74) is 1.46. The van der Waals surface area contributed by atoms with Crippen molar-refractivity contribution in [2.24, 2.45) is 5.92 Å². The number of rotatable bonds is 5. The fourth-order valence-electron chi connectivity index (χ4n) is 3.60. The second-order valence-electron chi connectivity index (χ2n) is 7.38. The van der Waals surface area contributed by atoms with Crippen LogP contribution < -0.4 is 0 Å². The minimum atomic E-state index is 0.197. The molecule has 134 valence electrons. The third-order valence-corrected chi connectivity index (χ3v) is 8.25. The van der Waals surface area contributed by atoms with E-state index < -0.39 is 0 Å². The minimum Gasteiger partial charge on any atom is -0.292 e. The van der Waals surface area contributed by atoms with Gasteiger partial charge >= 0.3 is 0 Å². The molecular formula is C20H20N2OS3. The molecule has 3 heterocycles. The maximum Gasteiger partial charge on any atom is 0.183 e. The van der Waals surface area contributed by atoms with E-state index in [9.17, 15) is 4.79 Å². The standard InChI is InChI=1S/C20H20N2OS3/c1-11-4-7-13-16(9-11)26-20-17(13)19(21-18(22-20)12-5-6-12)25-10-14(23)15-3-2-8-24-15/h2-3,8,11-12H,4-7,9-10H2,1H3/t11-/m1/s1. The van der Waals surface area contributed by atoms with Gasteiger partial charge in [-0.2, -0.15) is 0 Å². The van der Waals surface area contributed by atoms with Gasteiger partial charge in [-0.3, -0.25) is 4.79 Å². The molecule has 0 aromatic carbocycles. The Bertz CT molecular complexity index is 973. The fraction of sp³-hybridized carbons (Fsp3) is 0.450. The van der Waals surface area contributed by atoms with Crippen LogP contribution in [-0.4, -0.2) is 21.5 Å². The van der Waals surface area contributed by atoms with Gasteiger partial charge in [0.15, 0.2) is 5.78 Å². The van der Waals surface area contributed by atoms with E-state index in [4.69, 9.17) is 9.97 Å². The first-order chi connectivity index (χ1) is 12.7. The molecule has 2 aliphatic carbocycles. The maximum atomic E-state index is 12.5. The Morgan fingerprint density at radius 2 is 2.19 bits per heavy atom. The van der Waals surface area contributed by atoms with Gasteiger partial charge in [0.2, 0.25) is 0 Å². The number of thioether (sulfide) groups is 1. The zero-order valence-corrected chi connectivity index (χ0v) is 17.1. The first-order valence-electron chi connectivity index (χ1n) is 9.20. The molecule has 5 rings (SSSR count). The van der Waals surface area contributed by atoms with Crippen molar-refractivity contribution in [3.63, 3.8) is 0 Å². The van der Waals surface area contributed by atoms with Crippen LogP contribution in [0.4, 0.5) is 0 Å². The molecule has 0 unspecified atom stereocenters. The average Bonchev–Trinajstić information content (AvgIpc) is 3.21. The van der Waals surface area contributed by atoms with Crippen LogP contribution in [0.15, 0.2) is 22.5 Å². The average molecular weight is 401 g/mol. The van der Waals surface area contributed by atoms with Crippen LogP contribution in [0.1, 0.15) is 58.0 Å². The summed E-state index contributed by atoms with van der Waals surface area (Å²) < 4.78 is 0. The lowest BCUT2D eigenvalue weighted by Gasteiger charge is -2.18. The van der Waals surface area contributed by atoms with Gasteiger partial charge in [0.25, 0.3) is 0 Å². The predicted octanol–water partition coefficient (Wildman–Crippen LogP) is 5.73. The molecule has 2 aliphatic rings. The monoisotopic (exact) mass is 400 g/mol. The van der Waals surface area contributed by atoms with Gasteiger partial charge in [-0.1, -0.05) is 24.8 Å². The molecule has 0 spiro atoms. The van der Waals surface area contributed by atoms with Gasteiger partial charge < -0.3 is 0 Å². The van der Waals surface area contributed by atoms with Crippen LogP contribution in [0.25, 0.3) is 10.2 Å². The highest BCUT2D eigenvalue weighted by Gasteiger charge is 2.30. The molecule has 0 bridgehead atoms. The fourth-order valence-corrected chi connectivity index (χ4v) is 6.75. The van der Waals surface area contributed by atoms with Crippen molar-refractivity contribution in [2.45, 2.75) is 50.0 Å². The van der Waals surface area contributed by atoms with E-state index in [-0.39, 0.29) is 5.78 Å². The lowest BCUT2D eigenvalue weighted by Crippen LogP contribution is -2.09. The van der Waals surface area contributed by atoms with Crippen molar-refractivity contribution in [2.75, 3.05) is 5.75 Å². The topological polar surface area (TPSA) is 42.9 Å². The molecule has 1 atom stereocenters. The summed E-state index contributed by atoms with van der Waals surface area (Å²) in [6, 6.07) is 3.85. The summed E-state index contributed by atoms with van der Waals surface area (Å²) in [6.07, 6.45) is 5.92. The summed E-state index contributed by atoms with van der Waals surface area (Å²) in [5.74, 6) is 2.93. The summed E-state index contributed by atoms with van der Waals surface area (Å²) in [7, 11) is 0. The molecule has 0 saturated heterocycles. The first kappa shape index (κ1) is 16.9. The predicted molar refractivity (Wildman–Crippen MR) is 110 cm³/mol. The number of fused-ring (bicyclic) bond motifs is 3. The highest BCUT2D eigenvalue weighted by Crippen LogP contribution is 2.44. The Morgan fingerprint density at radius 1 is 1.31 bits per heavy atom. The molecule has 26 heavy (non-hydrogen) atoms. The molecule has 6 heteroatoms. The molecule has 3 aromatic rings. The number of carbonyl (C=O) groups is 1. The number of hydrogen-bond donors (Lipinski definition) is 0. The summed E-state index contributed by atoms with van der Waals surface area (Å²) in [4.78, 5) is 25.8. The van der Waals surface area contributed by atoms with E-state index in [1.165, 1.54) is 46.4 Å². The van der Waals surface area contributed by atoms with E-state index >= 15 is 0 Å². The van der Waals surface area contributed by atoms with Crippen molar-refractivity contribution < 1.29 is 4.79 Å². The highest BCUT2D eigenvalue weighted by atomic mass is 32.2. The summed E-state index contributed by atoms with van der Waals surface area (Å²) in [5, 5.41) is 4.24. The zero-order valence-electron chi connectivity index (χ0n) is 14.7. The molecule has 3 nitrogen and oxygen atoms in total. The van der Waals surface area contributed by atoms with Crippen molar-refractivity contribution in [1.29, 1.82) is 0 Å². The summed E-state index contributed by atoms with van der Waals surface area (Å²) >= 11 is 4.99. The highest BCUT2D eigenvalue weighted by molar-refractivity contribution is 8.00. The molecule has 0 amide bonds. The van der Waals surface area contributed by atoms with E-state index in [1.54, 1.807) is 11.8 Å². The van der Waals surface area contributed by atoms with Gasteiger partial charge in [-0.25, -0.2) is 9.97 Å². The van der Waals surface area contributed by atoms with E-state index in [0.29, 0.717) is 11.7 Å². The van der Waals surface area contributed by atoms with Crippen LogP contribution in [-0.2, 0) is 12.8 Å². The van der Waals surface area contributed by atoms with Gasteiger partial charge in [-0.05, 0) is 55.0 Å². The Labute approximate surface area is 165 Å². The quantitative estimate of drug-likeness (QED) is 0.312. The Hall–Kier alpha value is -1.24. The zero-order chi connectivity index (χ0) is 17.7. The number of aromatic nitrogens is 2. The molecular weight excluding hydrogens is 380 g/mol. The number of ketones is 1. The third kappa shape index (κ3) is 3.12. The van der Waals surface area contributed by atoms with Crippen LogP contribution in [0, 0.1) is 5.92 Å². The number of nitrogens with zero attached hydrogens (tertiary/aromatic N) is 2. The number of hydrogen-bond acceptors (Lipinski definition) is 6. The number of carbonyl (C=O) groups excluding carboxylic acids is 1. The Morgan fingerprint density at radius 3 is 2.96 bits per heavy atom. The third-order valence-electron chi connectivity index (χ3n) is 5.22. The van der Waals surface area contributed by atoms with Gasteiger partial charge in [0, 0.05) is 16.2 Å². The van der Waals surface area contributed by atoms with Crippen molar-refractivity contribution >= 4 is 50.4 Å². The first-order valence-corrected chi connectivity index (χ1v) is 11.9. The minimum absolute atomic E-state index is 0.197. The largest absolute Gasteiger partial charge is 0.292 e. The SMILES string of the molecule is C[C@@H]1CCc2c(sc3nc(C4CC4)nc(SCC(=O)c4cccs4)c23)C1. The van der Waals surface area contributed by atoms with E-state index in [2.05, 4.69) is 6.92 Å². The molecule has 3 aromatic heterocycles. The Balaban J connectivity index is 1.52. The van der Waals surface area contributed by atoms with Crippen LogP contribution in [0.3, 0.4) is 0 Å². The van der Waals surface area contributed by atoms with E-state index in [0.717, 1.165) is 39.3 Å². The second kappa shape index (κ2) is 6.73.